The molecule has 0 spiro atoms. The van der Waals surface area contributed by atoms with E-state index in [4.69, 9.17) is 6.42 Å². The summed E-state index contributed by atoms with van der Waals surface area (Å²) in [4.78, 5) is 0. The Morgan fingerprint density at radius 1 is 1.25 bits per heavy atom. The zero-order valence-electron chi connectivity index (χ0n) is 11.0. The monoisotopic (exact) mass is 221 g/mol. The molecule has 0 aliphatic heterocycles. The van der Waals surface area contributed by atoms with Gasteiger partial charge in [-0.15, -0.1) is 12.3 Å². The highest BCUT2D eigenvalue weighted by Gasteiger charge is 2.20. The van der Waals surface area contributed by atoms with E-state index in [0.29, 0.717) is 0 Å². The number of hydrogen-bond acceptors (Lipinski definition) is 1. The highest BCUT2D eigenvalue weighted by molar-refractivity contribution is 4.84. The minimum absolute atomic E-state index is 0.751. The molecule has 1 fully saturated rings. The van der Waals surface area contributed by atoms with Gasteiger partial charge >= 0.3 is 0 Å². The predicted octanol–water partition coefficient (Wildman–Crippen LogP) is 3.59. The van der Waals surface area contributed by atoms with Crippen LogP contribution in [0.15, 0.2) is 0 Å². The number of unbranched alkanes of at least 4 members (excludes halogenated alkanes) is 1. The van der Waals surface area contributed by atoms with Gasteiger partial charge < -0.3 is 5.32 Å². The molecule has 0 amide bonds. The van der Waals surface area contributed by atoms with E-state index in [1.54, 1.807) is 0 Å². The molecule has 0 aromatic heterocycles. The van der Waals surface area contributed by atoms with E-state index in [0.717, 1.165) is 37.3 Å². The van der Waals surface area contributed by atoms with Crippen molar-refractivity contribution in [1.82, 2.24) is 5.32 Å². The molecular weight excluding hydrogens is 194 g/mol. The Kier molecular flexibility index (Phi) is 6.57. The van der Waals surface area contributed by atoms with Crippen LogP contribution in [-0.2, 0) is 0 Å². The van der Waals surface area contributed by atoms with E-state index in [1.807, 2.05) is 0 Å². The maximum Gasteiger partial charge on any atom is 0.00981 e. The summed E-state index contributed by atoms with van der Waals surface area (Å²) in [5.41, 5.74) is 0. The van der Waals surface area contributed by atoms with Crippen LogP contribution in [0.3, 0.4) is 0 Å². The summed E-state index contributed by atoms with van der Waals surface area (Å²) >= 11 is 0. The normalized spacial score (nSPS) is 26.4. The third kappa shape index (κ3) is 5.03. The van der Waals surface area contributed by atoms with Crippen molar-refractivity contribution in [2.75, 3.05) is 6.54 Å². The van der Waals surface area contributed by atoms with Crippen LogP contribution in [0.5, 0.6) is 0 Å². The van der Waals surface area contributed by atoms with Crippen molar-refractivity contribution in [1.29, 1.82) is 0 Å². The van der Waals surface area contributed by atoms with Gasteiger partial charge in [-0.05, 0) is 44.1 Å². The van der Waals surface area contributed by atoms with Crippen molar-refractivity contribution in [3.8, 4) is 12.3 Å². The fourth-order valence-electron chi connectivity index (χ4n) is 2.70. The first-order valence-electron chi connectivity index (χ1n) is 6.91. The Hall–Kier alpha value is -0.480. The first-order chi connectivity index (χ1) is 7.74. The number of terminal acetylenes is 1. The maximum absolute atomic E-state index is 5.25. The van der Waals surface area contributed by atoms with E-state index in [2.05, 4.69) is 25.1 Å². The molecule has 1 aliphatic rings. The molecule has 1 saturated carbocycles. The zero-order chi connectivity index (χ0) is 11.8. The van der Waals surface area contributed by atoms with Crippen LogP contribution in [0.1, 0.15) is 58.8 Å². The molecule has 0 aromatic rings. The zero-order valence-corrected chi connectivity index (χ0v) is 11.0. The van der Waals surface area contributed by atoms with E-state index in [9.17, 15) is 0 Å². The highest BCUT2D eigenvalue weighted by atomic mass is 14.9. The molecule has 0 heterocycles. The topological polar surface area (TPSA) is 12.0 Å². The summed E-state index contributed by atoms with van der Waals surface area (Å²) in [5, 5.41) is 3.66. The quantitative estimate of drug-likeness (QED) is 0.425. The van der Waals surface area contributed by atoms with Gasteiger partial charge in [0.15, 0.2) is 0 Å². The molecule has 1 aliphatic carbocycles. The molecule has 2 atom stereocenters. The third-order valence-electron chi connectivity index (χ3n) is 3.89. The first-order valence-corrected chi connectivity index (χ1v) is 6.91. The first kappa shape index (κ1) is 13.6. The molecule has 0 bridgehead atoms. The minimum Gasteiger partial charge on any atom is -0.314 e. The molecule has 16 heavy (non-hydrogen) atoms. The molecule has 0 aromatic carbocycles. The molecule has 2 unspecified atom stereocenters. The standard InChI is InChI=1S/C15H27N/c1-4-5-6-12-16-15-9-7-8-14(10-11-15)13(2)3/h1,13-16H,5-12H2,2-3H3. The van der Waals surface area contributed by atoms with E-state index in [-0.39, 0.29) is 0 Å². The molecule has 1 nitrogen and oxygen atoms in total. The van der Waals surface area contributed by atoms with Crippen molar-refractivity contribution in [3.63, 3.8) is 0 Å². The van der Waals surface area contributed by atoms with Gasteiger partial charge in [0.25, 0.3) is 0 Å². The second kappa shape index (κ2) is 7.74. The summed E-state index contributed by atoms with van der Waals surface area (Å²) in [5.74, 6) is 4.52. The Labute approximate surface area is 101 Å². The fraction of sp³-hybridized carbons (Fsp3) is 0.867. The Morgan fingerprint density at radius 3 is 2.75 bits per heavy atom. The van der Waals surface area contributed by atoms with Gasteiger partial charge in [0, 0.05) is 12.5 Å². The van der Waals surface area contributed by atoms with E-state index >= 15 is 0 Å². The summed E-state index contributed by atoms with van der Waals surface area (Å²) in [7, 11) is 0. The van der Waals surface area contributed by atoms with Gasteiger partial charge in [0.05, 0.1) is 0 Å². The van der Waals surface area contributed by atoms with Gasteiger partial charge in [0.1, 0.15) is 0 Å². The second-order valence-corrected chi connectivity index (χ2v) is 5.47. The fourth-order valence-corrected chi connectivity index (χ4v) is 2.70. The van der Waals surface area contributed by atoms with Crippen LogP contribution in [0.4, 0.5) is 0 Å². The lowest BCUT2D eigenvalue weighted by Crippen LogP contribution is -2.29. The summed E-state index contributed by atoms with van der Waals surface area (Å²) < 4.78 is 0. The molecule has 1 heteroatoms. The lowest BCUT2D eigenvalue weighted by molar-refractivity contribution is 0.338. The largest absolute Gasteiger partial charge is 0.314 e. The smallest absolute Gasteiger partial charge is 0.00981 e. The molecular formula is C15H27N. The van der Waals surface area contributed by atoms with Crippen LogP contribution in [0, 0.1) is 24.2 Å². The second-order valence-electron chi connectivity index (χ2n) is 5.47. The summed E-state index contributed by atoms with van der Waals surface area (Å²) in [6.07, 6.45) is 14.2. The summed E-state index contributed by atoms with van der Waals surface area (Å²) in [6.45, 7) is 5.83. The van der Waals surface area contributed by atoms with Crippen molar-refractivity contribution >= 4 is 0 Å². The van der Waals surface area contributed by atoms with Crippen LogP contribution >= 0.6 is 0 Å². The van der Waals surface area contributed by atoms with Crippen molar-refractivity contribution in [3.05, 3.63) is 0 Å². The molecule has 1 N–H and O–H groups in total. The van der Waals surface area contributed by atoms with Gasteiger partial charge in [-0.1, -0.05) is 26.7 Å². The van der Waals surface area contributed by atoms with Gasteiger partial charge in [0.2, 0.25) is 0 Å². The highest BCUT2D eigenvalue weighted by Crippen LogP contribution is 2.28. The van der Waals surface area contributed by atoms with Crippen molar-refractivity contribution in [2.24, 2.45) is 11.8 Å². The van der Waals surface area contributed by atoms with E-state index < -0.39 is 0 Å². The average Bonchev–Trinajstić information content (AvgIpc) is 2.50. The Morgan fingerprint density at radius 2 is 2.06 bits per heavy atom. The van der Waals surface area contributed by atoms with Crippen LogP contribution < -0.4 is 5.32 Å². The molecule has 1 rings (SSSR count). The molecule has 92 valence electrons. The molecule has 0 radical (unpaired) electrons. The minimum atomic E-state index is 0.751. The lowest BCUT2D eigenvalue weighted by atomic mass is 9.89. The number of rotatable bonds is 5. The van der Waals surface area contributed by atoms with E-state index in [1.165, 1.54) is 32.1 Å². The number of nitrogens with one attached hydrogen (secondary N) is 1. The van der Waals surface area contributed by atoms with Gasteiger partial charge in [-0.3, -0.25) is 0 Å². The maximum atomic E-state index is 5.25. The van der Waals surface area contributed by atoms with Crippen molar-refractivity contribution in [2.45, 2.75) is 64.8 Å². The van der Waals surface area contributed by atoms with Crippen LogP contribution in [0.25, 0.3) is 0 Å². The summed E-state index contributed by atoms with van der Waals surface area (Å²) in [6, 6.07) is 0.751. The lowest BCUT2D eigenvalue weighted by Gasteiger charge is -2.19. The third-order valence-corrected chi connectivity index (χ3v) is 3.89. The average molecular weight is 221 g/mol. The predicted molar refractivity (Wildman–Crippen MR) is 71.3 cm³/mol. The Balaban J connectivity index is 2.18. The Bertz CT molecular complexity index is 214. The van der Waals surface area contributed by atoms with Gasteiger partial charge in [-0.2, -0.15) is 0 Å². The van der Waals surface area contributed by atoms with Crippen LogP contribution in [-0.4, -0.2) is 12.6 Å². The van der Waals surface area contributed by atoms with Crippen LogP contribution in [0.2, 0.25) is 0 Å². The van der Waals surface area contributed by atoms with Gasteiger partial charge in [-0.25, -0.2) is 0 Å². The molecule has 0 saturated heterocycles. The SMILES string of the molecule is C#CCCCNC1CCCC(C(C)C)CC1. The van der Waals surface area contributed by atoms with Crippen molar-refractivity contribution < 1.29 is 0 Å². The number of hydrogen-bond donors (Lipinski definition) is 1.